The van der Waals surface area contributed by atoms with Crippen LogP contribution in [-0.2, 0) is 0 Å². The Morgan fingerprint density at radius 1 is 1.57 bits per heavy atom. The molecule has 0 bridgehead atoms. The Kier molecular flexibility index (Phi) is 1.87. The third-order valence-corrected chi connectivity index (χ3v) is 3.60. The Morgan fingerprint density at radius 2 is 2.43 bits per heavy atom. The van der Waals surface area contributed by atoms with Crippen molar-refractivity contribution in [1.82, 2.24) is 14.9 Å². The van der Waals surface area contributed by atoms with Crippen LogP contribution in [0.3, 0.4) is 0 Å². The Bertz CT molecular complexity index is 325. The van der Waals surface area contributed by atoms with Gasteiger partial charge in [0.1, 0.15) is 0 Å². The van der Waals surface area contributed by atoms with Crippen molar-refractivity contribution >= 4 is 0 Å². The summed E-state index contributed by atoms with van der Waals surface area (Å²) in [6, 6.07) is 0.744. The Labute approximate surface area is 84.5 Å². The summed E-state index contributed by atoms with van der Waals surface area (Å²) in [6.45, 7) is 4.62. The fourth-order valence-electron chi connectivity index (χ4n) is 2.51. The molecule has 14 heavy (non-hydrogen) atoms. The molecule has 3 rings (SSSR count). The van der Waals surface area contributed by atoms with Crippen molar-refractivity contribution in [3.63, 3.8) is 0 Å². The molecule has 3 heteroatoms. The predicted molar refractivity (Wildman–Crippen MR) is 55.3 cm³/mol. The van der Waals surface area contributed by atoms with Gasteiger partial charge in [-0.2, -0.15) is 0 Å². The van der Waals surface area contributed by atoms with E-state index < -0.39 is 0 Å². The standard InChI is InChI=1S/C11H17N3/c1-8-4-10(8)14-7-13-6-11(14)9-2-3-12-5-9/h6-10,12H,2-5H2,1H3. The normalized spacial score (nSPS) is 36.2. The first kappa shape index (κ1) is 8.48. The third kappa shape index (κ3) is 1.27. The zero-order chi connectivity index (χ0) is 9.54. The van der Waals surface area contributed by atoms with Crippen LogP contribution in [0.5, 0.6) is 0 Å². The third-order valence-electron chi connectivity index (χ3n) is 3.60. The predicted octanol–water partition coefficient (Wildman–Crippen LogP) is 1.54. The molecule has 76 valence electrons. The monoisotopic (exact) mass is 191 g/mol. The van der Waals surface area contributed by atoms with Gasteiger partial charge >= 0.3 is 0 Å². The number of imidazole rings is 1. The van der Waals surface area contributed by atoms with Gasteiger partial charge in [-0.15, -0.1) is 0 Å². The fraction of sp³-hybridized carbons (Fsp3) is 0.727. The summed E-state index contributed by atoms with van der Waals surface area (Å²) in [5, 5.41) is 3.42. The Hall–Kier alpha value is -0.830. The number of hydrogen-bond acceptors (Lipinski definition) is 2. The molecule has 0 radical (unpaired) electrons. The van der Waals surface area contributed by atoms with Crippen LogP contribution in [0.1, 0.15) is 37.4 Å². The summed E-state index contributed by atoms with van der Waals surface area (Å²) >= 11 is 0. The van der Waals surface area contributed by atoms with Crippen molar-refractivity contribution in [3.05, 3.63) is 18.2 Å². The maximum atomic E-state index is 4.30. The summed E-state index contributed by atoms with van der Waals surface area (Å²) in [7, 11) is 0. The molecule has 2 fully saturated rings. The SMILES string of the molecule is CC1CC1n1cncc1C1CCNC1. The molecule has 0 spiro atoms. The maximum Gasteiger partial charge on any atom is 0.0950 e. The van der Waals surface area contributed by atoms with Gasteiger partial charge in [0.05, 0.1) is 6.33 Å². The van der Waals surface area contributed by atoms with Crippen molar-refractivity contribution < 1.29 is 0 Å². The van der Waals surface area contributed by atoms with E-state index in [1.807, 2.05) is 6.33 Å². The minimum Gasteiger partial charge on any atom is -0.331 e. The summed E-state index contributed by atoms with van der Waals surface area (Å²) in [4.78, 5) is 4.30. The van der Waals surface area contributed by atoms with Gasteiger partial charge in [0.25, 0.3) is 0 Å². The van der Waals surface area contributed by atoms with E-state index in [4.69, 9.17) is 0 Å². The van der Waals surface area contributed by atoms with Crippen LogP contribution in [0.15, 0.2) is 12.5 Å². The van der Waals surface area contributed by atoms with Crippen LogP contribution >= 0.6 is 0 Å². The number of nitrogens with zero attached hydrogens (tertiary/aromatic N) is 2. The number of rotatable bonds is 2. The van der Waals surface area contributed by atoms with E-state index in [-0.39, 0.29) is 0 Å². The van der Waals surface area contributed by atoms with Crippen LogP contribution < -0.4 is 5.32 Å². The molecular weight excluding hydrogens is 174 g/mol. The van der Waals surface area contributed by atoms with Crippen molar-refractivity contribution in [2.45, 2.75) is 31.7 Å². The van der Waals surface area contributed by atoms with Gasteiger partial charge in [0.2, 0.25) is 0 Å². The van der Waals surface area contributed by atoms with Crippen molar-refractivity contribution in [1.29, 1.82) is 0 Å². The van der Waals surface area contributed by atoms with Crippen LogP contribution in [0.25, 0.3) is 0 Å². The van der Waals surface area contributed by atoms with E-state index in [1.165, 1.54) is 18.5 Å². The van der Waals surface area contributed by atoms with Crippen molar-refractivity contribution in [3.8, 4) is 0 Å². The number of aromatic nitrogens is 2. The van der Waals surface area contributed by atoms with E-state index in [2.05, 4.69) is 28.0 Å². The molecule has 1 aliphatic carbocycles. The first-order valence-electron chi connectivity index (χ1n) is 5.58. The molecular formula is C11H17N3. The highest BCUT2D eigenvalue weighted by molar-refractivity contribution is 5.13. The maximum absolute atomic E-state index is 4.30. The van der Waals surface area contributed by atoms with Gasteiger partial charge in [0, 0.05) is 30.4 Å². The molecule has 1 aliphatic heterocycles. The Morgan fingerprint density at radius 3 is 3.07 bits per heavy atom. The molecule has 1 saturated carbocycles. The minimum atomic E-state index is 0.699. The van der Waals surface area contributed by atoms with E-state index in [0.29, 0.717) is 5.92 Å². The molecule has 1 saturated heterocycles. The van der Waals surface area contributed by atoms with Gasteiger partial charge in [-0.25, -0.2) is 4.98 Å². The first-order valence-corrected chi connectivity index (χ1v) is 5.58. The molecule has 1 aromatic heterocycles. The highest BCUT2D eigenvalue weighted by Gasteiger charge is 2.36. The zero-order valence-corrected chi connectivity index (χ0v) is 8.61. The number of nitrogens with one attached hydrogen (secondary N) is 1. The second-order valence-corrected chi connectivity index (χ2v) is 4.70. The van der Waals surface area contributed by atoms with Crippen LogP contribution in [-0.4, -0.2) is 22.6 Å². The molecule has 2 heterocycles. The lowest BCUT2D eigenvalue weighted by Gasteiger charge is -2.12. The van der Waals surface area contributed by atoms with Crippen LogP contribution in [0, 0.1) is 5.92 Å². The second-order valence-electron chi connectivity index (χ2n) is 4.70. The van der Waals surface area contributed by atoms with Crippen molar-refractivity contribution in [2.75, 3.05) is 13.1 Å². The molecule has 3 atom stereocenters. The smallest absolute Gasteiger partial charge is 0.0950 e. The van der Waals surface area contributed by atoms with Gasteiger partial charge in [-0.1, -0.05) is 6.92 Å². The zero-order valence-electron chi connectivity index (χ0n) is 8.61. The first-order chi connectivity index (χ1) is 6.86. The summed E-state index contributed by atoms with van der Waals surface area (Å²) in [5.41, 5.74) is 1.45. The quantitative estimate of drug-likeness (QED) is 0.768. The molecule has 0 amide bonds. The average molecular weight is 191 g/mol. The van der Waals surface area contributed by atoms with Crippen molar-refractivity contribution in [2.24, 2.45) is 5.92 Å². The second kappa shape index (κ2) is 3.09. The van der Waals surface area contributed by atoms with Crippen LogP contribution in [0.2, 0.25) is 0 Å². The summed E-state index contributed by atoms with van der Waals surface area (Å²) in [5.74, 6) is 1.56. The summed E-state index contributed by atoms with van der Waals surface area (Å²) in [6.07, 6.45) is 6.68. The highest BCUT2D eigenvalue weighted by atomic mass is 15.1. The molecule has 2 aliphatic rings. The average Bonchev–Trinajstić information content (AvgIpc) is 2.71. The van der Waals surface area contributed by atoms with Gasteiger partial charge in [0.15, 0.2) is 0 Å². The van der Waals surface area contributed by atoms with Crippen LogP contribution in [0.4, 0.5) is 0 Å². The molecule has 0 aromatic carbocycles. The lowest BCUT2D eigenvalue weighted by Crippen LogP contribution is -2.11. The minimum absolute atomic E-state index is 0.699. The van der Waals surface area contributed by atoms with Gasteiger partial charge in [-0.05, 0) is 25.3 Å². The topological polar surface area (TPSA) is 29.9 Å². The van der Waals surface area contributed by atoms with Gasteiger partial charge in [-0.3, -0.25) is 0 Å². The molecule has 1 aromatic rings. The van der Waals surface area contributed by atoms with Gasteiger partial charge < -0.3 is 9.88 Å². The fourth-order valence-corrected chi connectivity index (χ4v) is 2.51. The van der Waals surface area contributed by atoms with E-state index in [1.54, 1.807) is 0 Å². The molecule has 3 unspecified atom stereocenters. The molecule has 1 N–H and O–H groups in total. The van der Waals surface area contributed by atoms with E-state index in [9.17, 15) is 0 Å². The summed E-state index contributed by atoms with van der Waals surface area (Å²) < 4.78 is 2.41. The number of hydrogen-bond donors (Lipinski definition) is 1. The lowest BCUT2D eigenvalue weighted by molar-refractivity contribution is 0.605. The molecule has 3 nitrogen and oxygen atoms in total. The highest BCUT2D eigenvalue weighted by Crippen LogP contribution is 2.44. The lowest BCUT2D eigenvalue weighted by atomic mass is 10.1. The Balaban J connectivity index is 1.86. The largest absolute Gasteiger partial charge is 0.331 e. The van der Waals surface area contributed by atoms with E-state index >= 15 is 0 Å². The van der Waals surface area contributed by atoms with E-state index in [0.717, 1.165) is 25.0 Å².